The van der Waals surface area contributed by atoms with Crippen molar-refractivity contribution in [1.29, 1.82) is 0 Å². The Hall–Kier alpha value is -4.34. The SMILES string of the molecule is CCCCC[C@H](CC(=O)c1ccc(-c2ccc(CCCC)cc2)cc1)C(=O)N[C@@H](CCCC(=O)OC(C)(C)C)C(=O)C[C@@H](C)C(=O)N[C@@H](CCCCC)C(=O)O. The number of aliphatic carboxylic acids is 1. The van der Waals surface area contributed by atoms with Crippen LogP contribution in [0.25, 0.3) is 11.1 Å². The second-order valence-corrected chi connectivity index (χ2v) is 16.2. The first-order valence-corrected chi connectivity index (χ1v) is 20.9. The maximum atomic E-state index is 13.9. The topological polar surface area (TPSA) is 156 Å². The Balaban J connectivity index is 2.22. The van der Waals surface area contributed by atoms with Crippen LogP contribution in [0.4, 0.5) is 0 Å². The Labute approximate surface area is 335 Å². The van der Waals surface area contributed by atoms with Crippen LogP contribution in [-0.4, -0.2) is 58.1 Å². The lowest BCUT2D eigenvalue weighted by Crippen LogP contribution is -2.46. The van der Waals surface area contributed by atoms with E-state index in [9.17, 15) is 33.9 Å². The van der Waals surface area contributed by atoms with Crippen LogP contribution in [0.15, 0.2) is 48.5 Å². The highest BCUT2D eigenvalue weighted by atomic mass is 16.6. The number of nitrogens with one attached hydrogen (secondary N) is 2. The molecule has 0 heterocycles. The highest BCUT2D eigenvalue weighted by molar-refractivity contribution is 6.00. The first-order valence-electron chi connectivity index (χ1n) is 20.9. The molecular formula is C46H68N2O8. The number of carboxylic acids is 1. The van der Waals surface area contributed by atoms with E-state index in [1.165, 1.54) is 5.56 Å². The van der Waals surface area contributed by atoms with E-state index >= 15 is 0 Å². The molecule has 3 N–H and O–H groups in total. The number of Topliss-reactive ketones (excluding diaryl/α,β-unsaturated/α-hetero) is 2. The number of benzene rings is 2. The van der Waals surface area contributed by atoms with Crippen molar-refractivity contribution in [3.05, 3.63) is 59.7 Å². The summed E-state index contributed by atoms with van der Waals surface area (Å²) in [6.45, 7) is 13.1. The van der Waals surface area contributed by atoms with E-state index in [0.717, 1.165) is 62.5 Å². The summed E-state index contributed by atoms with van der Waals surface area (Å²) in [6.07, 6.45) is 9.13. The molecule has 0 saturated carbocycles. The molecule has 0 aliphatic carbocycles. The zero-order valence-corrected chi connectivity index (χ0v) is 35.0. The average Bonchev–Trinajstić information content (AvgIpc) is 3.15. The van der Waals surface area contributed by atoms with Crippen LogP contribution < -0.4 is 10.6 Å². The van der Waals surface area contributed by atoms with Gasteiger partial charge in [-0.1, -0.05) is 121 Å². The Kier molecular flexibility index (Phi) is 21.4. The predicted octanol–water partition coefficient (Wildman–Crippen LogP) is 9.21. The van der Waals surface area contributed by atoms with Gasteiger partial charge in [0.15, 0.2) is 11.6 Å². The Morgan fingerprint density at radius 2 is 1.20 bits per heavy atom. The second-order valence-electron chi connectivity index (χ2n) is 16.2. The largest absolute Gasteiger partial charge is 0.480 e. The van der Waals surface area contributed by atoms with Crippen LogP contribution >= 0.6 is 0 Å². The molecule has 10 nitrogen and oxygen atoms in total. The van der Waals surface area contributed by atoms with Gasteiger partial charge in [-0.15, -0.1) is 0 Å². The number of ketones is 2. The first kappa shape index (κ1) is 47.8. The molecule has 0 fully saturated rings. The van der Waals surface area contributed by atoms with Crippen molar-refractivity contribution in [2.24, 2.45) is 11.8 Å². The molecule has 0 bridgehead atoms. The lowest BCUT2D eigenvalue weighted by molar-refractivity contribution is -0.155. The van der Waals surface area contributed by atoms with Crippen LogP contribution in [0.2, 0.25) is 0 Å². The molecular weight excluding hydrogens is 709 g/mol. The summed E-state index contributed by atoms with van der Waals surface area (Å²) in [5.74, 6) is -4.67. The van der Waals surface area contributed by atoms with E-state index in [2.05, 4.69) is 48.7 Å². The minimum absolute atomic E-state index is 0.0302. The monoisotopic (exact) mass is 776 g/mol. The lowest BCUT2D eigenvalue weighted by Gasteiger charge is -2.24. The molecule has 2 aromatic rings. The standard InChI is InChI=1S/C46H68N2O8/c1-8-11-14-18-37(31-40(49)36-28-26-35(27-29-36)34-24-22-33(23-25-34)17-13-10-3)44(53)47-38(20-16-21-42(51)56-46(5,6)7)41(50)30-32(4)43(52)48-39(45(54)55)19-15-12-9-2/h22-29,32,37-39H,8-21,30-31H2,1-7H3,(H,47,53)(H,48,52)(H,54,55)/t32-,37-,38+,39+/m1/s1. The number of carbonyl (C=O) groups excluding carboxylic acids is 5. The lowest BCUT2D eigenvalue weighted by atomic mass is 9.90. The van der Waals surface area contributed by atoms with E-state index in [0.29, 0.717) is 18.4 Å². The maximum absolute atomic E-state index is 13.9. The van der Waals surface area contributed by atoms with Gasteiger partial charge in [0.25, 0.3) is 0 Å². The fraction of sp³-hybridized carbons (Fsp3) is 0.609. The number of hydrogen-bond acceptors (Lipinski definition) is 7. The van der Waals surface area contributed by atoms with Gasteiger partial charge in [-0.25, -0.2) is 4.79 Å². The number of aryl methyl sites for hydroxylation is 1. The van der Waals surface area contributed by atoms with Gasteiger partial charge >= 0.3 is 11.9 Å². The molecule has 10 heteroatoms. The highest BCUT2D eigenvalue weighted by Gasteiger charge is 2.31. The molecule has 2 amide bonds. The minimum atomic E-state index is -1.13. The molecule has 2 aromatic carbocycles. The van der Waals surface area contributed by atoms with Crippen LogP contribution in [0.3, 0.4) is 0 Å². The van der Waals surface area contributed by atoms with Crippen LogP contribution in [0.1, 0.15) is 161 Å². The molecule has 0 radical (unpaired) electrons. The van der Waals surface area contributed by atoms with Crippen molar-refractivity contribution in [2.45, 2.75) is 169 Å². The normalized spacial score (nSPS) is 13.6. The van der Waals surface area contributed by atoms with E-state index < -0.39 is 59.1 Å². The minimum Gasteiger partial charge on any atom is -0.480 e. The third-order valence-electron chi connectivity index (χ3n) is 9.94. The second kappa shape index (κ2) is 25.0. The maximum Gasteiger partial charge on any atom is 0.326 e. The molecule has 0 unspecified atom stereocenters. The predicted molar refractivity (Wildman–Crippen MR) is 221 cm³/mol. The van der Waals surface area contributed by atoms with Crippen LogP contribution in [-0.2, 0) is 35.1 Å². The quantitative estimate of drug-likeness (QED) is 0.0461. The Morgan fingerprint density at radius 1 is 0.661 bits per heavy atom. The summed E-state index contributed by atoms with van der Waals surface area (Å²) in [6, 6.07) is 13.8. The van der Waals surface area contributed by atoms with E-state index in [1.807, 2.05) is 19.1 Å². The van der Waals surface area contributed by atoms with Gasteiger partial charge in [0, 0.05) is 36.7 Å². The van der Waals surface area contributed by atoms with Gasteiger partial charge in [-0.05, 0) is 76.0 Å². The fourth-order valence-corrected chi connectivity index (χ4v) is 6.55. The molecule has 0 saturated heterocycles. The van der Waals surface area contributed by atoms with Crippen molar-refractivity contribution in [1.82, 2.24) is 10.6 Å². The summed E-state index contributed by atoms with van der Waals surface area (Å²) >= 11 is 0. The van der Waals surface area contributed by atoms with E-state index in [4.69, 9.17) is 4.74 Å². The average molecular weight is 777 g/mol. The third-order valence-corrected chi connectivity index (χ3v) is 9.94. The molecule has 2 rings (SSSR count). The molecule has 0 aromatic heterocycles. The Bertz CT molecular complexity index is 1540. The van der Waals surface area contributed by atoms with Crippen LogP contribution in [0.5, 0.6) is 0 Å². The van der Waals surface area contributed by atoms with E-state index in [-0.39, 0.29) is 44.3 Å². The van der Waals surface area contributed by atoms with Crippen LogP contribution in [0, 0.1) is 11.8 Å². The number of hydrogen-bond donors (Lipinski definition) is 3. The number of amides is 2. The van der Waals surface area contributed by atoms with Gasteiger partial charge < -0.3 is 20.5 Å². The molecule has 56 heavy (non-hydrogen) atoms. The van der Waals surface area contributed by atoms with Crippen molar-refractivity contribution < 1.29 is 38.6 Å². The number of rotatable bonds is 27. The Morgan fingerprint density at radius 3 is 1.75 bits per heavy atom. The number of carboxylic acid groups (broad SMARTS) is 1. The van der Waals surface area contributed by atoms with Gasteiger partial charge in [-0.3, -0.25) is 24.0 Å². The smallest absolute Gasteiger partial charge is 0.326 e. The molecule has 0 spiro atoms. The zero-order valence-electron chi connectivity index (χ0n) is 35.0. The van der Waals surface area contributed by atoms with Gasteiger partial charge in [-0.2, -0.15) is 0 Å². The number of carbonyl (C=O) groups is 6. The van der Waals surface area contributed by atoms with Crippen molar-refractivity contribution in [3.8, 4) is 11.1 Å². The number of unbranched alkanes of at least 4 members (excludes halogenated alkanes) is 5. The fourth-order valence-electron chi connectivity index (χ4n) is 6.55. The van der Waals surface area contributed by atoms with Crippen molar-refractivity contribution in [3.63, 3.8) is 0 Å². The summed E-state index contributed by atoms with van der Waals surface area (Å²) in [5, 5.41) is 15.1. The molecule has 4 atom stereocenters. The summed E-state index contributed by atoms with van der Waals surface area (Å²) in [4.78, 5) is 78.7. The van der Waals surface area contributed by atoms with Crippen molar-refractivity contribution >= 4 is 35.3 Å². The van der Waals surface area contributed by atoms with Gasteiger partial charge in [0.05, 0.1) is 6.04 Å². The summed E-state index contributed by atoms with van der Waals surface area (Å²) in [7, 11) is 0. The zero-order chi connectivity index (χ0) is 41.7. The van der Waals surface area contributed by atoms with Gasteiger partial charge in [0.2, 0.25) is 11.8 Å². The summed E-state index contributed by atoms with van der Waals surface area (Å²) in [5.41, 5.74) is 3.17. The van der Waals surface area contributed by atoms with Gasteiger partial charge in [0.1, 0.15) is 11.6 Å². The molecule has 310 valence electrons. The number of ether oxygens (including phenoxy) is 1. The van der Waals surface area contributed by atoms with E-state index in [1.54, 1.807) is 39.8 Å². The molecule has 0 aliphatic rings. The number of esters is 1. The highest BCUT2D eigenvalue weighted by Crippen LogP contribution is 2.24. The third kappa shape index (κ3) is 18.1. The van der Waals surface area contributed by atoms with Crippen molar-refractivity contribution in [2.75, 3.05) is 0 Å². The molecule has 0 aliphatic heterocycles. The first-order chi connectivity index (χ1) is 26.6. The summed E-state index contributed by atoms with van der Waals surface area (Å²) < 4.78 is 5.43.